The predicted octanol–water partition coefficient (Wildman–Crippen LogP) is 1.08. The Kier molecular flexibility index (Phi) is 4.88. The largest absolute Gasteiger partial charge is 0.444 e. The molecule has 0 radical (unpaired) electrons. The summed E-state index contributed by atoms with van der Waals surface area (Å²) in [5, 5.41) is 12.0. The molecule has 1 atom stereocenters. The Morgan fingerprint density at radius 3 is 2.62 bits per heavy atom. The molecule has 0 saturated heterocycles. The number of nitrogens with zero attached hydrogens (tertiary/aromatic N) is 3. The highest BCUT2D eigenvalue weighted by molar-refractivity contribution is 5.99. The maximum Gasteiger partial charge on any atom is 0.340 e. The van der Waals surface area contributed by atoms with Crippen molar-refractivity contribution in [1.29, 1.82) is 0 Å². The molecule has 9 heteroatoms. The Hall–Kier alpha value is -3.75. The normalized spacial score (nSPS) is 11.6. The third-order valence-corrected chi connectivity index (χ3v) is 3.56. The van der Waals surface area contributed by atoms with Gasteiger partial charge in [-0.2, -0.15) is 0 Å². The number of carbonyl (C=O) groups is 3. The van der Waals surface area contributed by atoms with Crippen LogP contribution in [-0.2, 0) is 9.53 Å². The number of urea groups is 1. The van der Waals surface area contributed by atoms with Crippen LogP contribution in [0.25, 0.3) is 5.65 Å². The number of nitrogens with one attached hydrogen (secondary N) is 2. The van der Waals surface area contributed by atoms with Crippen molar-refractivity contribution in [1.82, 2.24) is 25.2 Å². The summed E-state index contributed by atoms with van der Waals surface area (Å²) >= 11 is 0. The minimum atomic E-state index is -1.28. The first kappa shape index (κ1) is 17.1. The second-order valence-electron chi connectivity index (χ2n) is 5.28. The number of carbonyl (C=O) groups excluding carboxylic acids is 3. The van der Waals surface area contributed by atoms with Crippen LogP contribution < -0.4 is 10.6 Å². The third-order valence-electron chi connectivity index (χ3n) is 3.56. The van der Waals surface area contributed by atoms with Gasteiger partial charge in [-0.1, -0.05) is 30.3 Å². The molecule has 9 nitrogen and oxygen atoms in total. The van der Waals surface area contributed by atoms with Crippen LogP contribution in [0.15, 0.2) is 55.0 Å². The van der Waals surface area contributed by atoms with Crippen molar-refractivity contribution in [3.8, 4) is 0 Å². The van der Waals surface area contributed by atoms with E-state index < -0.39 is 24.0 Å². The molecule has 3 aromatic rings. The number of fused-ring (bicyclic) bond motifs is 1. The van der Waals surface area contributed by atoms with Crippen LogP contribution >= 0.6 is 0 Å². The number of hydrogen-bond acceptors (Lipinski definition) is 6. The zero-order valence-corrected chi connectivity index (χ0v) is 13.7. The first-order valence-electron chi connectivity index (χ1n) is 7.66. The SMILES string of the molecule is CNC(=O)NC(=O)C(OC(=O)c1ccc2nncn2c1)c1ccccc1. The molecule has 2 aromatic heterocycles. The second-order valence-corrected chi connectivity index (χ2v) is 5.28. The molecular formula is C17H15N5O4. The number of imide groups is 1. The van der Waals surface area contributed by atoms with Crippen LogP contribution in [0.4, 0.5) is 4.79 Å². The molecule has 3 rings (SSSR count). The average molecular weight is 353 g/mol. The number of rotatable bonds is 4. The fourth-order valence-corrected chi connectivity index (χ4v) is 2.26. The highest BCUT2D eigenvalue weighted by Gasteiger charge is 2.27. The van der Waals surface area contributed by atoms with Gasteiger partial charge in [0.25, 0.3) is 5.91 Å². The molecule has 2 heterocycles. The minimum Gasteiger partial charge on any atom is -0.444 e. The van der Waals surface area contributed by atoms with Crippen LogP contribution in [0.1, 0.15) is 22.0 Å². The summed E-state index contributed by atoms with van der Waals surface area (Å²) in [5.74, 6) is -1.48. The van der Waals surface area contributed by atoms with Crippen LogP contribution in [0, 0.1) is 0 Å². The molecule has 0 aliphatic heterocycles. The minimum absolute atomic E-state index is 0.214. The van der Waals surface area contributed by atoms with Crippen LogP contribution in [0.3, 0.4) is 0 Å². The monoisotopic (exact) mass is 353 g/mol. The van der Waals surface area contributed by atoms with Crippen LogP contribution in [0.5, 0.6) is 0 Å². The second kappa shape index (κ2) is 7.43. The molecule has 0 spiro atoms. The lowest BCUT2D eigenvalue weighted by Crippen LogP contribution is -2.41. The van der Waals surface area contributed by atoms with E-state index in [1.54, 1.807) is 40.8 Å². The van der Waals surface area contributed by atoms with Gasteiger partial charge < -0.3 is 10.1 Å². The van der Waals surface area contributed by atoms with E-state index in [4.69, 9.17) is 4.74 Å². The van der Waals surface area contributed by atoms with E-state index in [0.29, 0.717) is 11.2 Å². The summed E-state index contributed by atoms with van der Waals surface area (Å²) in [7, 11) is 1.38. The topological polar surface area (TPSA) is 115 Å². The summed E-state index contributed by atoms with van der Waals surface area (Å²) in [6, 6.07) is 10.8. The third kappa shape index (κ3) is 3.66. The van der Waals surface area contributed by atoms with Crippen LogP contribution in [-0.4, -0.2) is 39.6 Å². The Morgan fingerprint density at radius 2 is 1.88 bits per heavy atom. The summed E-state index contributed by atoms with van der Waals surface area (Å²) in [6.07, 6.45) is 1.66. The van der Waals surface area contributed by atoms with Crippen molar-refractivity contribution in [3.05, 3.63) is 66.1 Å². The summed E-state index contributed by atoms with van der Waals surface area (Å²) < 4.78 is 6.92. The van der Waals surface area contributed by atoms with E-state index in [2.05, 4.69) is 20.8 Å². The number of ether oxygens (including phenoxy) is 1. The predicted molar refractivity (Wildman–Crippen MR) is 90.2 cm³/mol. The van der Waals surface area contributed by atoms with E-state index in [1.165, 1.54) is 25.6 Å². The maximum absolute atomic E-state index is 12.5. The molecular weight excluding hydrogens is 338 g/mol. The number of aromatic nitrogens is 3. The molecule has 2 N–H and O–H groups in total. The zero-order valence-electron chi connectivity index (χ0n) is 13.7. The van der Waals surface area contributed by atoms with E-state index in [9.17, 15) is 14.4 Å². The van der Waals surface area contributed by atoms with Crippen molar-refractivity contribution in [2.24, 2.45) is 0 Å². The Labute approximate surface area is 148 Å². The zero-order chi connectivity index (χ0) is 18.5. The molecule has 0 bridgehead atoms. The Balaban J connectivity index is 1.85. The molecule has 0 aliphatic carbocycles. The first-order valence-corrected chi connectivity index (χ1v) is 7.66. The molecule has 1 aromatic carbocycles. The van der Waals surface area contributed by atoms with Gasteiger partial charge in [0.05, 0.1) is 5.56 Å². The molecule has 0 aliphatic rings. The van der Waals surface area contributed by atoms with Gasteiger partial charge in [-0.3, -0.25) is 14.5 Å². The molecule has 3 amide bonds. The van der Waals surface area contributed by atoms with Gasteiger partial charge in [0.2, 0.25) is 6.10 Å². The van der Waals surface area contributed by atoms with Crippen molar-refractivity contribution in [3.63, 3.8) is 0 Å². The van der Waals surface area contributed by atoms with Gasteiger partial charge in [0, 0.05) is 18.8 Å². The van der Waals surface area contributed by atoms with Gasteiger partial charge in [0.1, 0.15) is 6.33 Å². The van der Waals surface area contributed by atoms with E-state index in [-0.39, 0.29) is 5.56 Å². The van der Waals surface area contributed by atoms with E-state index >= 15 is 0 Å². The fraction of sp³-hybridized carbons (Fsp3) is 0.118. The lowest BCUT2D eigenvalue weighted by molar-refractivity contribution is -0.129. The number of esters is 1. The number of hydrogen-bond donors (Lipinski definition) is 2. The van der Waals surface area contributed by atoms with Crippen LogP contribution in [0.2, 0.25) is 0 Å². The molecule has 0 fully saturated rings. The lowest BCUT2D eigenvalue weighted by atomic mass is 10.1. The van der Waals surface area contributed by atoms with Crippen molar-refractivity contribution < 1.29 is 19.1 Å². The Bertz CT molecular complexity index is 954. The summed E-state index contributed by atoms with van der Waals surface area (Å²) in [6.45, 7) is 0. The van der Waals surface area contributed by atoms with Gasteiger partial charge in [-0.25, -0.2) is 9.59 Å². The van der Waals surface area contributed by atoms with Crippen molar-refractivity contribution in [2.75, 3.05) is 7.05 Å². The lowest BCUT2D eigenvalue weighted by Gasteiger charge is -2.17. The first-order chi connectivity index (χ1) is 12.6. The number of amides is 3. The smallest absolute Gasteiger partial charge is 0.340 e. The van der Waals surface area contributed by atoms with Gasteiger partial charge in [-0.15, -0.1) is 10.2 Å². The van der Waals surface area contributed by atoms with Gasteiger partial charge >= 0.3 is 12.0 Å². The molecule has 1 unspecified atom stereocenters. The molecule has 26 heavy (non-hydrogen) atoms. The van der Waals surface area contributed by atoms with Gasteiger partial charge in [0.15, 0.2) is 5.65 Å². The highest BCUT2D eigenvalue weighted by Crippen LogP contribution is 2.20. The highest BCUT2D eigenvalue weighted by atomic mass is 16.5. The fourth-order valence-electron chi connectivity index (χ4n) is 2.26. The van der Waals surface area contributed by atoms with Crippen molar-refractivity contribution >= 4 is 23.6 Å². The summed E-state index contributed by atoms with van der Waals surface area (Å²) in [4.78, 5) is 36.3. The molecule has 132 valence electrons. The Morgan fingerprint density at radius 1 is 1.12 bits per heavy atom. The van der Waals surface area contributed by atoms with E-state index in [1.807, 2.05) is 0 Å². The quantitative estimate of drug-likeness (QED) is 0.679. The summed E-state index contributed by atoms with van der Waals surface area (Å²) in [5.41, 5.74) is 1.22. The average Bonchev–Trinajstić information content (AvgIpc) is 3.14. The maximum atomic E-state index is 12.5. The van der Waals surface area contributed by atoms with Crippen molar-refractivity contribution in [2.45, 2.75) is 6.10 Å². The van der Waals surface area contributed by atoms with E-state index in [0.717, 1.165) is 0 Å². The standard InChI is InChI=1S/C17H15N5O4/c1-18-17(25)20-15(23)14(11-5-3-2-4-6-11)26-16(24)12-7-8-13-21-19-10-22(13)9-12/h2-10,14H,1H3,(H2,18,20,23,25). The number of benzene rings is 1. The van der Waals surface area contributed by atoms with Gasteiger partial charge in [-0.05, 0) is 12.1 Å². The molecule has 0 saturated carbocycles. The number of pyridine rings is 1.